The van der Waals surface area contributed by atoms with Gasteiger partial charge in [-0.1, -0.05) is 30.3 Å². The van der Waals surface area contributed by atoms with Crippen LogP contribution in [0.3, 0.4) is 0 Å². The van der Waals surface area contributed by atoms with Gasteiger partial charge in [-0.15, -0.1) is 11.3 Å². The van der Waals surface area contributed by atoms with E-state index in [-0.39, 0.29) is 0 Å². The SMILES string of the molecule is Cc1ccc2n[nH]nc2c1.S=c1[nH]c2ccccc2s1.c1ccc2n[nH]nc2c1. The Bertz CT molecular complexity index is 1340. The van der Waals surface area contributed by atoms with Gasteiger partial charge in [0.1, 0.15) is 22.1 Å². The van der Waals surface area contributed by atoms with Crippen LogP contribution in [0.15, 0.2) is 66.7 Å². The Kier molecular flexibility index (Phi) is 5.68. The Labute approximate surface area is 174 Å². The molecule has 0 fully saturated rings. The predicted octanol–water partition coefficient (Wildman–Crippen LogP) is 5.18. The Morgan fingerprint density at radius 3 is 2.00 bits per heavy atom. The Hall–Kier alpha value is -3.43. The number of para-hydroxylation sites is 3. The minimum absolute atomic E-state index is 0.848. The molecule has 0 radical (unpaired) electrons. The number of thiazole rings is 1. The zero-order valence-electron chi connectivity index (χ0n) is 15.5. The molecule has 144 valence electrons. The van der Waals surface area contributed by atoms with Gasteiger partial charge in [-0.2, -0.15) is 30.8 Å². The second-order valence-electron chi connectivity index (χ2n) is 6.14. The number of hydrogen-bond acceptors (Lipinski definition) is 6. The maximum absolute atomic E-state index is 4.98. The smallest absolute Gasteiger partial charge is 0.159 e. The van der Waals surface area contributed by atoms with Crippen molar-refractivity contribution < 1.29 is 0 Å². The molecule has 0 amide bonds. The average Bonchev–Trinajstić information content (AvgIpc) is 3.46. The van der Waals surface area contributed by atoms with Crippen molar-refractivity contribution in [2.45, 2.75) is 6.92 Å². The van der Waals surface area contributed by atoms with Crippen LogP contribution in [0.4, 0.5) is 0 Å². The van der Waals surface area contributed by atoms with E-state index in [0.717, 1.165) is 31.5 Å². The number of rotatable bonds is 0. The summed E-state index contributed by atoms with van der Waals surface area (Å²) in [5, 5.41) is 20.7. The molecule has 0 bridgehead atoms. The highest BCUT2D eigenvalue weighted by Gasteiger charge is 1.95. The van der Waals surface area contributed by atoms with Crippen LogP contribution < -0.4 is 0 Å². The average molecular weight is 420 g/mol. The summed E-state index contributed by atoms with van der Waals surface area (Å²) in [4.78, 5) is 3.09. The van der Waals surface area contributed by atoms with E-state index in [1.165, 1.54) is 10.3 Å². The molecular weight excluding hydrogens is 402 g/mol. The highest BCUT2D eigenvalue weighted by Crippen LogP contribution is 2.17. The molecule has 9 heteroatoms. The first kappa shape index (κ1) is 18.9. The van der Waals surface area contributed by atoms with Crippen molar-refractivity contribution in [2.75, 3.05) is 0 Å². The lowest BCUT2D eigenvalue weighted by atomic mass is 10.2. The number of hydrogen-bond donors (Lipinski definition) is 3. The standard InChI is InChI=1S/C7H7N3.C7H5NS2.C6H5N3/c1-5-2-3-6-7(4-5)9-10-8-6;9-7-8-5-3-1-2-4-6(5)10-7;1-2-4-6-5(3-1)7-9-8-6/h2-4H,1H3,(H,8,9,10);1-4H,(H,8,9);1-4H,(H,7,8,9). The summed E-state index contributed by atoms with van der Waals surface area (Å²) in [6.45, 7) is 2.04. The molecule has 0 unspecified atom stereocenters. The summed E-state index contributed by atoms with van der Waals surface area (Å²) in [7, 11) is 0. The van der Waals surface area contributed by atoms with Gasteiger partial charge in [0.05, 0.1) is 10.2 Å². The van der Waals surface area contributed by atoms with E-state index >= 15 is 0 Å². The van der Waals surface area contributed by atoms with E-state index in [9.17, 15) is 0 Å². The van der Waals surface area contributed by atoms with Crippen LogP contribution in [0, 0.1) is 10.9 Å². The molecule has 0 aliphatic carbocycles. The van der Waals surface area contributed by atoms with Gasteiger partial charge in [0.25, 0.3) is 0 Å². The second-order valence-corrected chi connectivity index (χ2v) is 7.86. The first-order valence-electron chi connectivity index (χ1n) is 8.79. The van der Waals surface area contributed by atoms with Crippen LogP contribution in [0.1, 0.15) is 5.56 Å². The molecule has 3 aromatic heterocycles. The van der Waals surface area contributed by atoms with E-state index in [2.05, 4.69) is 41.9 Å². The van der Waals surface area contributed by atoms with E-state index in [0.29, 0.717) is 0 Å². The number of aromatic amines is 3. The van der Waals surface area contributed by atoms with Gasteiger partial charge in [0.15, 0.2) is 3.95 Å². The molecule has 0 saturated heterocycles. The number of fused-ring (bicyclic) bond motifs is 3. The van der Waals surface area contributed by atoms with Crippen LogP contribution in [0.25, 0.3) is 32.3 Å². The molecule has 7 nitrogen and oxygen atoms in total. The van der Waals surface area contributed by atoms with Gasteiger partial charge < -0.3 is 4.98 Å². The molecule has 3 N–H and O–H groups in total. The third-order valence-electron chi connectivity index (χ3n) is 4.02. The topological polar surface area (TPSA) is 98.9 Å². The quantitative estimate of drug-likeness (QED) is 0.295. The van der Waals surface area contributed by atoms with Gasteiger partial charge in [-0.05, 0) is 61.1 Å². The summed E-state index contributed by atoms with van der Waals surface area (Å²) < 4.78 is 2.08. The fourth-order valence-electron chi connectivity index (χ4n) is 2.63. The minimum Gasteiger partial charge on any atom is -0.337 e. The molecule has 0 aliphatic heterocycles. The van der Waals surface area contributed by atoms with Crippen molar-refractivity contribution in [3.8, 4) is 0 Å². The first-order valence-corrected chi connectivity index (χ1v) is 10.0. The summed E-state index contributed by atoms with van der Waals surface area (Å²) in [6.07, 6.45) is 0. The van der Waals surface area contributed by atoms with Crippen molar-refractivity contribution in [2.24, 2.45) is 0 Å². The Balaban J connectivity index is 0.000000106. The number of aromatic nitrogens is 7. The molecule has 6 aromatic rings. The summed E-state index contributed by atoms with van der Waals surface area (Å²) in [6, 6.07) is 21.8. The van der Waals surface area contributed by atoms with Crippen molar-refractivity contribution in [1.82, 2.24) is 35.8 Å². The van der Waals surface area contributed by atoms with Crippen LogP contribution in [-0.2, 0) is 0 Å². The highest BCUT2D eigenvalue weighted by molar-refractivity contribution is 7.73. The maximum Gasteiger partial charge on any atom is 0.159 e. The lowest BCUT2D eigenvalue weighted by molar-refractivity contribution is 0.959. The third kappa shape index (κ3) is 4.71. The number of nitrogens with one attached hydrogen (secondary N) is 3. The van der Waals surface area contributed by atoms with Crippen LogP contribution in [0.2, 0.25) is 0 Å². The molecule has 3 heterocycles. The van der Waals surface area contributed by atoms with E-state index in [1.807, 2.05) is 67.6 Å². The lowest BCUT2D eigenvalue weighted by Gasteiger charge is -1.87. The van der Waals surface area contributed by atoms with Gasteiger partial charge >= 0.3 is 0 Å². The van der Waals surface area contributed by atoms with Gasteiger partial charge in [-0.3, -0.25) is 0 Å². The number of H-pyrrole nitrogens is 3. The number of benzene rings is 3. The van der Waals surface area contributed by atoms with Crippen molar-refractivity contribution in [1.29, 1.82) is 0 Å². The van der Waals surface area contributed by atoms with E-state index in [1.54, 1.807) is 11.3 Å². The van der Waals surface area contributed by atoms with Gasteiger partial charge in [0.2, 0.25) is 0 Å². The molecule has 0 spiro atoms. The second kappa shape index (κ2) is 8.72. The van der Waals surface area contributed by atoms with E-state index < -0.39 is 0 Å². The molecule has 0 saturated carbocycles. The largest absolute Gasteiger partial charge is 0.337 e. The fourth-order valence-corrected chi connectivity index (χ4v) is 3.75. The Morgan fingerprint density at radius 2 is 1.31 bits per heavy atom. The predicted molar refractivity (Wildman–Crippen MR) is 120 cm³/mol. The molecule has 6 rings (SSSR count). The minimum atomic E-state index is 0.848. The van der Waals surface area contributed by atoms with Crippen molar-refractivity contribution >= 4 is 55.8 Å². The molecule has 3 aromatic carbocycles. The first-order chi connectivity index (χ1) is 14.2. The molecule has 0 atom stereocenters. The van der Waals surface area contributed by atoms with Crippen LogP contribution in [0.5, 0.6) is 0 Å². The zero-order valence-corrected chi connectivity index (χ0v) is 17.1. The molecule has 29 heavy (non-hydrogen) atoms. The third-order valence-corrected chi connectivity index (χ3v) is 5.24. The number of aryl methyl sites for hydroxylation is 1. The molecular formula is C20H17N7S2. The monoisotopic (exact) mass is 419 g/mol. The lowest BCUT2D eigenvalue weighted by Crippen LogP contribution is -1.71. The van der Waals surface area contributed by atoms with Crippen LogP contribution in [-0.4, -0.2) is 35.8 Å². The van der Waals surface area contributed by atoms with E-state index in [4.69, 9.17) is 12.2 Å². The summed E-state index contributed by atoms with van der Waals surface area (Å²) >= 11 is 6.59. The van der Waals surface area contributed by atoms with Crippen molar-refractivity contribution in [3.05, 3.63) is 76.2 Å². The summed E-state index contributed by atoms with van der Waals surface area (Å²) in [5.74, 6) is 0. The maximum atomic E-state index is 4.98. The Morgan fingerprint density at radius 1 is 0.724 bits per heavy atom. The zero-order chi connectivity index (χ0) is 20.1. The molecule has 0 aliphatic rings. The van der Waals surface area contributed by atoms with Crippen LogP contribution >= 0.6 is 23.6 Å². The summed E-state index contributed by atoms with van der Waals surface area (Å²) in [5.41, 5.74) is 6.03. The fraction of sp³-hybridized carbons (Fsp3) is 0.0500. The van der Waals surface area contributed by atoms with Crippen molar-refractivity contribution in [3.63, 3.8) is 0 Å². The van der Waals surface area contributed by atoms with Gasteiger partial charge in [0, 0.05) is 0 Å². The normalized spacial score (nSPS) is 10.4. The van der Waals surface area contributed by atoms with Gasteiger partial charge in [-0.25, -0.2) is 0 Å². The number of nitrogens with zero attached hydrogens (tertiary/aromatic N) is 4. The highest BCUT2D eigenvalue weighted by atomic mass is 32.1.